The number of benzene rings is 7. The van der Waals surface area contributed by atoms with Gasteiger partial charge in [-0.2, -0.15) is 0 Å². The lowest BCUT2D eigenvalue weighted by molar-refractivity contribution is 0.669. The molecule has 0 fully saturated rings. The Morgan fingerprint density at radius 1 is 0.362 bits per heavy atom. The molecule has 1 aliphatic rings. The lowest BCUT2D eigenvalue weighted by Gasteiger charge is -2.15. The summed E-state index contributed by atoms with van der Waals surface area (Å²) in [5, 5.41) is 4.65. The topological polar surface area (TPSA) is 51.8 Å². The van der Waals surface area contributed by atoms with E-state index >= 15 is 0 Å². The average Bonchev–Trinajstić information content (AvgIpc) is 3.68. The summed E-state index contributed by atoms with van der Waals surface area (Å²) in [4.78, 5) is 15.3. The van der Waals surface area contributed by atoms with Crippen molar-refractivity contribution in [2.45, 2.75) is 0 Å². The Hall–Kier alpha value is -6.39. The number of hydrogen-bond acceptors (Lipinski definition) is 4. The molecule has 1 aliphatic carbocycles. The largest absolute Gasteiger partial charge is 0.456 e. The molecule has 4 nitrogen and oxygen atoms in total. The van der Waals surface area contributed by atoms with Crippen LogP contribution in [-0.4, -0.2) is 15.0 Å². The van der Waals surface area contributed by atoms with Crippen molar-refractivity contribution in [3.05, 3.63) is 152 Å². The maximum absolute atomic E-state index is 6.12. The van der Waals surface area contributed by atoms with Crippen LogP contribution in [-0.2, 0) is 0 Å². The Bertz CT molecular complexity index is 2670. The van der Waals surface area contributed by atoms with E-state index in [0.717, 1.165) is 49.8 Å². The first-order valence-corrected chi connectivity index (χ1v) is 15.8. The highest BCUT2D eigenvalue weighted by atomic mass is 16.3. The van der Waals surface area contributed by atoms with E-state index in [2.05, 4.69) is 91.0 Å². The molecule has 0 radical (unpaired) electrons. The third kappa shape index (κ3) is 4.05. The molecule has 218 valence electrons. The number of furan rings is 1. The number of nitrogens with zero attached hydrogens (tertiary/aromatic N) is 3. The maximum Gasteiger partial charge on any atom is 0.164 e. The highest BCUT2D eigenvalue weighted by Gasteiger charge is 2.26. The minimum absolute atomic E-state index is 0.619. The van der Waals surface area contributed by atoms with Crippen LogP contribution >= 0.6 is 0 Å². The van der Waals surface area contributed by atoms with Crippen LogP contribution in [0.1, 0.15) is 0 Å². The monoisotopic (exact) mass is 599 g/mol. The zero-order valence-electron chi connectivity index (χ0n) is 25.2. The summed E-state index contributed by atoms with van der Waals surface area (Å²) in [6.07, 6.45) is 0. The number of fused-ring (bicyclic) bond motifs is 6. The van der Waals surface area contributed by atoms with Crippen molar-refractivity contribution in [3.8, 4) is 67.5 Å². The molecule has 10 rings (SSSR count). The molecular formula is C43H25N3O. The Morgan fingerprint density at radius 2 is 0.979 bits per heavy atom. The molecule has 7 aromatic carbocycles. The highest BCUT2D eigenvalue weighted by molar-refractivity contribution is 6.18. The van der Waals surface area contributed by atoms with Crippen molar-refractivity contribution in [3.63, 3.8) is 0 Å². The van der Waals surface area contributed by atoms with Crippen LogP contribution < -0.4 is 0 Å². The smallest absolute Gasteiger partial charge is 0.164 e. The van der Waals surface area contributed by atoms with Crippen molar-refractivity contribution >= 4 is 32.7 Å². The molecule has 4 heteroatoms. The van der Waals surface area contributed by atoms with Crippen LogP contribution in [0.5, 0.6) is 0 Å². The minimum atomic E-state index is 0.619. The molecule has 0 bridgehead atoms. The molecule has 0 spiro atoms. The third-order valence-corrected chi connectivity index (χ3v) is 9.25. The number of aromatic nitrogens is 3. The summed E-state index contributed by atoms with van der Waals surface area (Å²) >= 11 is 0. The molecule has 0 amide bonds. The van der Waals surface area contributed by atoms with Gasteiger partial charge in [0.15, 0.2) is 17.5 Å². The van der Waals surface area contributed by atoms with Crippen molar-refractivity contribution in [2.75, 3.05) is 0 Å². The lowest BCUT2D eigenvalue weighted by Crippen LogP contribution is -2.01. The second-order valence-electron chi connectivity index (χ2n) is 12.0. The van der Waals surface area contributed by atoms with Crippen LogP contribution in [0.3, 0.4) is 0 Å². The van der Waals surface area contributed by atoms with Gasteiger partial charge in [0.1, 0.15) is 11.2 Å². The summed E-state index contributed by atoms with van der Waals surface area (Å²) in [6, 6.07) is 52.7. The lowest BCUT2D eigenvalue weighted by atomic mass is 9.91. The predicted molar refractivity (Wildman–Crippen MR) is 191 cm³/mol. The van der Waals surface area contributed by atoms with Gasteiger partial charge in [-0.05, 0) is 80.6 Å². The van der Waals surface area contributed by atoms with Gasteiger partial charge < -0.3 is 4.42 Å². The Labute approximate surface area is 270 Å². The summed E-state index contributed by atoms with van der Waals surface area (Å²) in [5.41, 5.74) is 11.8. The molecule has 2 aromatic heterocycles. The van der Waals surface area contributed by atoms with Crippen LogP contribution in [0, 0.1) is 0 Å². The van der Waals surface area contributed by atoms with E-state index in [1.54, 1.807) is 0 Å². The van der Waals surface area contributed by atoms with Gasteiger partial charge in [-0.15, -0.1) is 0 Å². The van der Waals surface area contributed by atoms with Gasteiger partial charge in [0.2, 0.25) is 0 Å². The van der Waals surface area contributed by atoms with Crippen molar-refractivity contribution in [1.82, 2.24) is 15.0 Å². The van der Waals surface area contributed by atoms with Gasteiger partial charge >= 0.3 is 0 Å². The van der Waals surface area contributed by atoms with Crippen LogP contribution in [0.2, 0.25) is 0 Å². The average molecular weight is 600 g/mol. The van der Waals surface area contributed by atoms with Gasteiger partial charge in [-0.1, -0.05) is 115 Å². The quantitative estimate of drug-likeness (QED) is 0.202. The van der Waals surface area contributed by atoms with Crippen LogP contribution in [0.4, 0.5) is 0 Å². The van der Waals surface area contributed by atoms with E-state index < -0.39 is 0 Å². The third-order valence-electron chi connectivity index (χ3n) is 9.25. The van der Waals surface area contributed by atoms with Gasteiger partial charge in [0.25, 0.3) is 0 Å². The standard InChI is InChI=1S/C43H25N3O/c1-3-11-26(12-4-1)34-24-30(25-36-32-18-9-15-27-16-10-19-33(39(27)32)40(34)36)43-45-41(28-13-5-2-6-14-28)44-42(46-43)29-21-22-38-35(23-29)31-17-7-8-20-37(31)47-38/h1-25H. The summed E-state index contributed by atoms with van der Waals surface area (Å²) in [7, 11) is 0. The summed E-state index contributed by atoms with van der Waals surface area (Å²) in [6.45, 7) is 0. The van der Waals surface area contributed by atoms with E-state index in [1.165, 1.54) is 33.0 Å². The number of hydrogen-bond donors (Lipinski definition) is 0. The fourth-order valence-electron chi connectivity index (χ4n) is 7.11. The van der Waals surface area contributed by atoms with E-state index in [-0.39, 0.29) is 0 Å². The Balaban J connectivity index is 1.24. The number of rotatable bonds is 4. The molecular weight excluding hydrogens is 574 g/mol. The van der Waals surface area contributed by atoms with Crippen molar-refractivity contribution in [2.24, 2.45) is 0 Å². The van der Waals surface area contributed by atoms with Crippen LogP contribution in [0.25, 0.3) is 100 Å². The predicted octanol–water partition coefficient (Wildman–Crippen LogP) is 11.2. The van der Waals surface area contributed by atoms with E-state index in [4.69, 9.17) is 19.4 Å². The fraction of sp³-hybridized carbons (Fsp3) is 0. The number of para-hydroxylation sites is 1. The molecule has 0 atom stereocenters. The first kappa shape index (κ1) is 25.9. The van der Waals surface area contributed by atoms with Crippen LogP contribution in [0.15, 0.2) is 156 Å². The van der Waals surface area contributed by atoms with Gasteiger partial charge in [-0.3, -0.25) is 0 Å². The Morgan fingerprint density at radius 3 is 1.77 bits per heavy atom. The molecule has 2 heterocycles. The zero-order valence-corrected chi connectivity index (χ0v) is 25.2. The highest BCUT2D eigenvalue weighted by Crippen LogP contribution is 2.52. The van der Waals surface area contributed by atoms with Gasteiger partial charge in [0, 0.05) is 27.5 Å². The summed E-state index contributed by atoms with van der Waals surface area (Å²) in [5.74, 6) is 1.89. The fourth-order valence-corrected chi connectivity index (χ4v) is 7.11. The molecule has 9 aromatic rings. The first-order valence-electron chi connectivity index (χ1n) is 15.8. The molecule has 0 saturated carbocycles. The van der Waals surface area contributed by atoms with Gasteiger partial charge in [-0.25, -0.2) is 15.0 Å². The molecule has 47 heavy (non-hydrogen) atoms. The molecule has 0 saturated heterocycles. The van der Waals surface area contributed by atoms with E-state index in [0.29, 0.717) is 17.5 Å². The normalized spacial score (nSPS) is 11.8. The minimum Gasteiger partial charge on any atom is -0.456 e. The maximum atomic E-state index is 6.12. The molecule has 0 unspecified atom stereocenters. The van der Waals surface area contributed by atoms with E-state index in [9.17, 15) is 0 Å². The Kier molecular flexibility index (Phi) is 5.54. The molecule has 0 aliphatic heterocycles. The SMILES string of the molecule is c1ccc(-c2nc(-c3cc(-c4ccccc4)c4c(c3)-c3cccc5cccc-4c35)nc(-c3ccc4oc5ccccc5c4c3)n2)cc1. The second-order valence-corrected chi connectivity index (χ2v) is 12.0. The second kappa shape index (κ2) is 10.1. The van der Waals surface area contributed by atoms with Crippen molar-refractivity contribution < 1.29 is 4.42 Å². The van der Waals surface area contributed by atoms with Crippen molar-refractivity contribution in [1.29, 1.82) is 0 Å². The summed E-state index contributed by atoms with van der Waals surface area (Å²) < 4.78 is 6.12. The zero-order chi connectivity index (χ0) is 30.9. The first-order chi connectivity index (χ1) is 23.3. The van der Waals surface area contributed by atoms with E-state index in [1.807, 2.05) is 60.7 Å². The van der Waals surface area contributed by atoms with Gasteiger partial charge in [0.05, 0.1) is 0 Å². The molecule has 0 N–H and O–H groups in total.